The van der Waals surface area contributed by atoms with Crippen LogP contribution in [0.4, 0.5) is 5.69 Å². The van der Waals surface area contributed by atoms with Crippen LogP contribution in [-0.2, 0) is 4.79 Å². The van der Waals surface area contributed by atoms with Gasteiger partial charge in [0.2, 0.25) is 0 Å². The number of benzene rings is 1. The van der Waals surface area contributed by atoms with E-state index in [1.807, 2.05) is 13.0 Å². The molecular formula is C11H11NO3. The fourth-order valence-electron chi connectivity index (χ4n) is 1.70. The Bertz CT molecular complexity index is 439. The monoisotopic (exact) mass is 205 g/mol. The minimum Gasteiger partial charge on any atom is -0.480 e. The molecule has 1 aliphatic rings. The topological polar surface area (TPSA) is 66.4 Å². The van der Waals surface area contributed by atoms with Crippen molar-refractivity contribution < 1.29 is 14.7 Å². The van der Waals surface area contributed by atoms with Gasteiger partial charge in [-0.3, -0.25) is 4.79 Å². The Morgan fingerprint density at radius 1 is 1.53 bits per heavy atom. The molecule has 1 aromatic rings. The second-order valence-corrected chi connectivity index (χ2v) is 3.71. The van der Waals surface area contributed by atoms with Gasteiger partial charge in [0.15, 0.2) is 5.78 Å². The number of Topliss-reactive ketones (excluding diaryl/α,β-unsaturated/α-hetero) is 1. The highest BCUT2D eigenvalue weighted by atomic mass is 16.4. The van der Waals surface area contributed by atoms with Crippen molar-refractivity contribution in [1.29, 1.82) is 0 Å². The Hall–Kier alpha value is -1.84. The van der Waals surface area contributed by atoms with Crippen LogP contribution in [0.15, 0.2) is 18.2 Å². The highest BCUT2D eigenvalue weighted by Gasteiger charge is 2.28. The molecule has 0 spiro atoms. The van der Waals surface area contributed by atoms with Crippen LogP contribution in [0.1, 0.15) is 22.3 Å². The third-order valence-electron chi connectivity index (χ3n) is 2.49. The number of rotatable bonds is 1. The molecule has 1 atom stereocenters. The predicted octanol–water partition coefficient (Wildman–Crippen LogP) is 1.45. The lowest BCUT2D eigenvalue weighted by atomic mass is 9.95. The normalized spacial score (nSPS) is 19.3. The van der Waals surface area contributed by atoms with Crippen molar-refractivity contribution in [3.63, 3.8) is 0 Å². The van der Waals surface area contributed by atoms with Crippen LogP contribution in [0.3, 0.4) is 0 Å². The quantitative estimate of drug-likeness (QED) is 0.728. The van der Waals surface area contributed by atoms with Gasteiger partial charge in [0.1, 0.15) is 6.04 Å². The number of aliphatic carboxylic acids is 1. The smallest absolute Gasteiger partial charge is 0.326 e. The van der Waals surface area contributed by atoms with E-state index in [1.54, 1.807) is 12.1 Å². The number of hydrogen-bond donors (Lipinski definition) is 2. The Morgan fingerprint density at radius 2 is 2.27 bits per heavy atom. The standard InChI is InChI=1S/C11H11NO3/c1-6-2-3-8-7(4-6)10(13)5-9(12-8)11(14)15/h2-4,9,12H,5H2,1H3,(H,14,15). The number of ketones is 1. The van der Waals surface area contributed by atoms with Gasteiger partial charge in [-0.15, -0.1) is 0 Å². The van der Waals surface area contributed by atoms with Crippen molar-refractivity contribution >= 4 is 17.4 Å². The molecule has 0 radical (unpaired) electrons. The number of hydrogen-bond acceptors (Lipinski definition) is 3. The predicted molar refractivity (Wildman–Crippen MR) is 55.2 cm³/mol. The van der Waals surface area contributed by atoms with E-state index in [-0.39, 0.29) is 12.2 Å². The van der Waals surface area contributed by atoms with Crippen LogP contribution >= 0.6 is 0 Å². The lowest BCUT2D eigenvalue weighted by molar-refractivity contribution is -0.137. The van der Waals surface area contributed by atoms with Crippen LogP contribution in [0.5, 0.6) is 0 Å². The zero-order chi connectivity index (χ0) is 11.0. The molecule has 4 heteroatoms. The number of aryl methyl sites for hydroxylation is 1. The van der Waals surface area contributed by atoms with Gasteiger partial charge in [-0.25, -0.2) is 4.79 Å². The van der Waals surface area contributed by atoms with Crippen molar-refractivity contribution in [2.45, 2.75) is 19.4 Å². The average Bonchev–Trinajstić information content (AvgIpc) is 2.18. The fourth-order valence-corrected chi connectivity index (χ4v) is 1.70. The number of anilines is 1. The summed E-state index contributed by atoms with van der Waals surface area (Å²) in [5.41, 5.74) is 2.20. The van der Waals surface area contributed by atoms with E-state index in [0.717, 1.165) is 5.56 Å². The Morgan fingerprint density at radius 3 is 2.93 bits per heavy atom. The maximum absolute atomic E-state index is 11.6. The maximum Gasteiger partial charge on any atom is 0.326 e. The lowest BCUT2D eigenvalue weighted by Gasteiger charge is -2.23. The van der Waals surface area contributed by atoms with Gasteiger partial charge >= 0.3 is 5.97 Å². The number of carbonyl (C=O) groups excluding carboxylic acids is 1. The summed E-state index contributed by atoms with van der Waals surface area (Å²) >= 11 is 0. The maximum atomic E-state index is 11.6. The molecule has 2 N–H and O–H groups in total. The number of carbonyl (C=O) groups is 2. The van der Waals surface area contributed by atoms with Gasteiger partial charge in [0.25, 0.3) is 0 Å². The van der Waals surface area contributed by atoms with Crippen molar-refractivity contribution in [3.05, 3.63) is 29.3 Å². The highest BCUT2D eigenvalue weighted by Crippen LogP contribution is 2.25. The molecule has 0 amide bonds. The summed E-state index contributed by atoms with van der Waals surface area (Å²) in [4.78, 5) is 22.4. The Labute approximate surface area is 86.9 Å². The second-order valence-electron chi connectivity index (χ2n) is 3.71. The molecular weight excluding hydrogens is 194 g/mol. The fraction of sp³-hybridized carbons (Fsp3) is 0.273. The van der Waals surface area contributed by atoms with E-state index >= 15 is 0 Å². The van der Waals surface area contributed by atoms with Crippen molar-refractivity contribution in [2.75, 3.05) is 5.32 Å². The van der Waals surface area contributed by atoms with Gasteiger partial charge in [0, 0.05) is 17.7 Å². The summed E-state index contributed by atoms with van der Waals surface area (Å²) < 4.78 is 0. The van der Waals surface area contributed by atoms with Crippen LogP contribution < -0.4 is 5.32 Å². The minimum atomic E-state index is -0.991. The van der Waals surface area contributed by atoms with E-state index in [0.29, 0.717) is 11.3 Å². The summed E-state index contributed by atoms with van der Waals surface area (Å²) in [6.45, 7) is 1.90. The van der Waals surface area contributed by atoms with Gasteiger partial charge in [0.05, 0.1) is 0 Å². The Kier molecular flexibility index (Phi) is 2.19. The molecule has 0 aliphatic carbocycles. The molecule has 1 unspecified atom stereocenters. The van der Waals surface area contributed by atoms with E-state index in [4.69, 9.17) is 5.11 Å². The average molecular weight is 205 g/mol. The second kappa shape index (κ2) is 3.38. The van der Waals surface area contributed by atoms with Crippen molar-refractivity contribution in [1.82, 2.24) is 0 Å². The van der Waals surface area contributed by atoms with Gasteiger partial charge in [-0.05, 0) is 19.1 Å². The van der Waals surface area contributed by atoms with E-state index in [2.05, 4.69) is 5.32 Å². The van der Waals surface area contributed by atoms with Gasteiger partial charge in [-0.2, -0.15) is 0 Å². The SMILES string of the molecule is Cc1ccc2c(c1)C(=O)CC(C(=O)O)N2. The van der Waals surface area contributed by atoms with E-state index in [9.17, 15) is 9.59 Å². The molecule has 78 valence electrons. The van der Waals surface area contributed by atoms with Crippen LogP contribution in [-0.4, -0.2) is 22.9 Å². The molecule has 0 fully saturated rings. The number of fused-ring (bicyclic) bond motifs is 1. The zero-order valence-corrected chi connectivity index (χ0v) is 8.28. The first kappa shape index (κ1) is 9.71. The lowest BCUT2D eigenvalue weighted by Crippen LogP contribution is -2.36. The summed E-state index contributed by atoms with van der Waals surface area (Å²) in [7, 11) is 0. The van der Waals surface area contributed by atoms with Crippen LogP contribution in [0.25, 0.3) is 0 Å². The van der Waals surface area contributed by atoms with Gasteiger partial charge in [-0.1, -0.05) is 11.6 Å². The molecule has 2 rings (SSSR count). The van der Waals surface area contributed by atoms with Crippen LogP contribution in [0.2, 0.25) is 0 Å². The first-order valence-electron chi connectivity index (χ1n) is 4.71. The third-order valence-corrected chi connectivity index (χ3v) is 2.49. The van der Waals surface area contributed by atoms with E-state index < -0.39 is 12.0 Å². The summed E-state index contributed by atoms with van der Waals surface area (Å²) in [5, 5.41) is 11.7. The number of carboxylic acid groups (broad SMARTS) is 1. The highest BCUT2D eigenvalue weighted by molar-refractivity contribution is 6.06. The van der Waals surface area contributed by atoms with Crippen LogP contribution in [0, 0.1) is 6.92 Å². The molecule has 0 bridgehead atoms. The molecule has 1 heterocycles. The van der Waals surface area contributed by atoms with Crippen molar-refractivity contribution in [3.8, 4) is 0 Å². The first-order chi connectivity index (χ1) is 7.08. The third kappa shape index (κ3) is 1.70. The molecule has 4 nitrogen and oxygen atoms in total. The molecule has 0 saturated carbocycles. The van der Waals surface area contributed by atoms with Crippen molar-refractivity contribution in [2.24, 2.45) is 0 Å². The molecule has 15 heavy (non-hydrogen) atoms. The molecule has 1 aromatic carbocycles. The van der Waals surface area contributed by atoms with Gasteiger partial charge < -0.3 is 10.4 Å². The number of carboxylic acids is 1. The first-order valence-corrected chi connectivity index (χ1v) is 4.71. The Balaban J connectivity index is 2.41. The summed E-state index contributed by atoms with van der Waals surface area (Å²) in [6, 6.07) is 4.58. The molecule has 0 saturated heterocycles. The minimum absolute atomic E-state index is 0.0196. The largest absolute Gasteiger partial charge is 0.480 e. The molecule has 1 aliphatic heterocycles. The summed E-state index contributed by atoms with van der Waals surface area (Å²) in [5.74, 6) is -1.10. The zero-order valence-electron chi connectivity index (χ0n) is 8.28. The molecule has 0 aromatic heterocycles. The van der Waals surface area contributed by atoms with E-state index in [1.165, 1.54) is 0 Å². The summed E-state index contributed by atoms with van der Waals surface area (Å²) in [6.07, 6.45) is 0.0196. The number of nitrogens with one attached hydrogen (secondary N) is 1.